The Labute approximate surface area is 200 Å². The summed E-state index contributed by atoms with van der Waals surface area (Å²) in [5, 5.41) is 10.9. The van der Waals surface area contributed by atoms with E-state index in [1.165, 1.54) is 21.5 Å². The fourth-order valence-electron chi connectivity index (χ4n) is 3.41. The third-order valence-corrected chi connectivity index (χ3v) is 6.27. The lowest BCUT2D eigenvalue weighted by Gasteiger charge is -2.13. The number of nitrogens with zero attached hydrogens (tertiary/aromatic N) is 4. The van der Waals surface area contributed by atoms with Gasteiger partial charge < -0.3 is 5.32 Å². The molecule has 1 aliphatic carbocycles. The average Bonchev–Trinajstić information content (AvgIpc) is 3.39. The van der Waals surface area contributed by atoms with Gasteiger partial charge in [0, 0.05) is 28.4 Å². The van der Waals surface area contributed by atoms with Crippen molar-refractivity contribution in [2.45, 2.75) is 44.9 Å². The first-order valence-electron chi connectivity index (χ1n) is 10.1. The minimum atomic E-state index is -4.54. The van der Waals surface area contributed by atoms with Gasteiger partial charge in [-0.05, 0) is 47.0 Å². The second kappa shape index (κ2) is 9.09. The molecule has 176 valence electrons. The SMILES string of the molecule is CC(Cn1nc(C(F)(F)F)cc1C1CC1)C(=O)Nc1nn(Cc2c(F)cccc2Cl)cc1Br. The Bertz CT molecular complexity index is 1170. The van der Waals surface area contributed by atoms with Gasteiger partial charge in [-0.1, -0.05) is 24.6 Å². The van der Waals surface area contributed by atoms with E-state index in [1.807, 2.05) is 0 Å². The van der Waals surface area contributed by atoms with Crippen molar-refractivity contribution in [3.05, 3.63) is 62.7 Å². The molecule has 1 fully saturated rings. The summed E-state index contributed by atoms with van der Waals surface area (Å²) in [5.41, 5.74) is -0.202. The summed E-state index contributed by atoms with van der Waals surface area (Å²) in [6, 6.07) is 5.42. The van der Waals surface area contributed by atoms with Crippen molar-refractivity contribution in [2.24, 2.45) is 5.92 Å². The van der Waals surface area contributed by atoms with Crippen molar-refractivity contribution in [1.29, 1.82) is 0 Å². The van der Waals surface area contributed by atoms with Crippen LogP contribution in [0.25, 0.3) is 0 Å². The number of benzene rings is 1. The Balaban J connectivity index is 1.45. The lowest BCUT2D eigenvalue weighted by molar-refractivity contribution is -0.141. The molecule has 0 radical (unpaired) electrons. The number of carbonyl (C=O) groups excluding carboxylic acids is 1. The van der Waals surface area contributed by atoms with Crippen molar-refractivity contribution in [3.8, 4) is 0 Å². The Hall–Kier alpha value is -2.40. The number of halogens is 6. The van der Waals surface area contributed by atoms with Gasteiger partial charge in [-0.15, -0.1) is 0 Å². The van der Waals surface area contributed by atoms with E-state index in [9.17, 15) is 22.4 Å². The van der Waals surface area contributed by atoms with Crippen molar-refractivity contribution in [3.63, 3.8) is 0 Å². The van der Waals surface area contributed by atoms with Crippen LogP contribution in [0.1, 0.15) is 42.6 Å². The van der Waals surface area contributed by atoms with Crippen LogP contribution >= 0.6 is 27.5 Å². The monoisotopic (exact) mass is 547 g/mol. The van der Waals surface area contributed by atoms with Gasteiger partial charge in [-0.3, -0.25) is 14.2 Å². The molecule has 1 aromatic carbocycles. The van der Waals surface area contributed by atoms with Crippen LogP contribution in [0.2, 0.25) is 5.02 Å². The molecule has 12 heteroatoms. The molecule has 1 unspecified atom stereocenters. The van der Waals surface area contributed by atoms with Crippen LogP contribution in [0.15, 0.2) is 34.9 Å². The van der Waals surface area contributed by atoms with E-state index in [0.717, 1.165) is 18.9 Å². The van der Waals surface area contributed by atoms with E-state index in [1.54, 1.807) is 19.2 Å². The minimum Gasteiger partial charge on any atom is -0.308 e. The smallest absolute Gasteiger partial charge is 0.308 e. The molecule has 2 aromatic heterocycles. The summed E-state index contributed by atoms with van der Waals surface area (Å²) in [5.74, 6) is -1.34. The topological polar surface area (TPSA) is 64.7 Å². The highest BCUT2D eigenvalue weighted by molar-refractivity contribution is 9.10. The number of hydrogen-bond acceptors (Lipinski definition) is 3. The summed E-state index contributed by atoms with van der Waals surface area (Å²) in [6.07, 6.45) is -1.36. The Morgan fingerprint density at radius 2 is 2.06 bits per heavy atom. The zero-order valence-corrected chi connectivity index (χ0v) is 19.7. The van der Waals surface area contributed by atoms with Crippen LogP contribution in [0.4, 0.5) is 23.4 Å². The van der Waals surface area contributed by atoms with Gasteiger partial charge in [0.25, 0.3) is 0 Å². The molecule has 1 atom stereocenters. The number of anilines is 1. The van der Waals surface area contributed by atoms with Gasteiger partial charge in [0.2, 0.25) is 5.91 Å². The maximum atomic E-state index is 14.0. The molecule has 1 amide bonds. The first kappa shape index (κ1) is 23.7. The maximum Gasteiger partial charge on any atom is 0.435 e. The molecule has 4 rings (SSSR count). The molecular weight excluding hydrogens is 530 g/mol. The number of amides is 1. The van der Waals surface area contributed by atoms with Gasteiger partial charge >= 0.3 is 6.18 Å². The number of hydrogen-bond donors (Lipinski definition) is 1. The molecule has 1 N–H and O–H groups in total. The van der Waals surface area contributed by atoms with Gasteiger partial charge in [-0.2, -0.15) is 23.4 Å². The molecule has 33 heavy (non-hydrogen) atoms. The summed E-state index contributed by atoms with van der Waals surface area (Å²) in [4.78, 5) is 12.7. The van der Waals surface area contributed by atoms with E-state index in [2.05, 4.69) is 31.4 Å². The van der Waals surface area contributed by atoms with Gasteiger partial charge in [-0.25, -0.2) is 4.39 Å². The van der Waals surface area contributed by atoms with Gasteiger partial charge in [0.15, 0.2) is 11.5 Å². The average molecular weight is 549 g/mol. The zero-order chi connectivity index (χ0) is 23.9. The second-order valence-corrected chi connectivity index (χ2v) is 9.28. The van der Waals surface area contributed by atoms with Gasteiger partial charge in [0.05, 0.1) is 23.5 Å². The molecule has 3 aromatic rings. The van der Waals surface area contributed by atoms with Crippen molar-refractivity contribution >= 4 is 39.3 Å². The maximum absolute atomic E-state index is 14.0. The molecule has 1 saturated carbocycles. The summed E-state index contributed by atoms with van der Waals surface area (Å²) in [6.45, 7) is 1.65. The van der Waals surface area contributed by atoms with Crippen LogP contribution in [-0.4, -0.2) is 25.5 Å². The van der Waals surface area contributed by atoms with Crippen LogP contribution < -0.4 is 5.32 Å². The zero-order valence-electron chi connectivity index (χ0n) is 17.3. The molecule has 2 heterocycles. The van der Waals surface area contributed by atoms with E-state index < -0.39 is 29.5 Å². The van der Waals surface area contributed by atoms with Crippen molar-refractivity contribution in [1.82, 2.24) is 19.6 Å². The third kappa shape index (κ3) is 5.40. The minimum absolute atomic E-state index is 0.00307. The predicted octanol–water partition coefficient (Wildman–Crippen LogP) is 5.85. The number of nitrogens with one attached hydrogen (secondary N) is 1. The molecule has 0 aliphatic heterocycles. The fraction of sp³-hybridized carbons (Fsp3) is 0.381. The van der Waals surface area contributed by atoms with E-state index in [4.69, 9.17) is 11.6 Å². The Kier molecular flexibility index (Phi) is 6.54. The van der Waals surface area contributed by atoms with Gasteiger partial charge in [0.1, 0.15) is 5.82 Å². The molecule has 1 aliphatic rings. The first-order valence-corrected chi connectivity index (χ1v) is 11.3. The Morgan fingerprint density at radius 1 is 1.33 bits per heavy atom. The molecular formula is C21H19BrClF4N5O. The highest BCUT2D eigenvalue weighted by Gasteiger charge is 2.38. The van der Waals surface area contributed by atoms with Crippen molar-refractivity contribution < 1.29 is 22.4 Å². The van der Waals surface area contributed by atoms with Crippen LogP contribution in [0.3, 0.4) is 0 Å². The highest BCUT2D eigenvalue weighted by atomic mass is 79.9. The predicted molar refractivity (Wildman–Crippen MR) is 117 cm³/mol. The van der Waals surface area contributed by atoms with E-state index >= 15 is 0 Å². The van der Waals surface area contributed by atoms with E-state index in [-0.39, 0.29) is 35.4 Å². The Morgan fingerprint density at radius 3 is 2.70 bits per heavy atom. The molecule has 0 bridgehead atoms. The normalized spacial score (nSPS) is 15.0. The summed E-state index contributed by atoms with van der Waals surface area (Å²) in [7, 11) is 0. The molecule has 0 spiro atoms. The standard InChI is InChI=1S/C21H19BrClF4N5O/c1-11(8-32-17(12-5-6-12)7-18(29-32)21(25,26)27)20(33)28-19-14(22)10-31(30-19)9-13-15(23)3-2-4-16(13)24/h2-4,7,10-12H,5-6,8-9H2,1H3,(H,28,30,33). The lowest BCUT2D eigenvalue weighted by Crippen LogP contribution is -2.26. The fourth-order valence-corrected chi connectivity index (χ4v) is 4.05. The highest BCUT2D eigenvalue weighted by Crippen LogP contribution is 2.42. The largest absolute Gasteiger partial charge is 0.435 e. The lowest BCUT2D eigenvalue weighted by atomic mass is 10.1. The summed E-state index contributed by atoms with van der Waals surface area (Å²) < 4.78 is 56.5. The number of rotatable bonds is 7. The summed E-state index contributed by atoms with van der Waals surface area (Å²) >= 11 is 9.37. The van der Waals surface area contributed by atoms with Crippen LogP contribution in [0.5, 0.6) is 0 Å². The number of carbonyl (C=O) groups is 1. The van der Waals surface area contributed by atoms with Crippen LogP contribution in [0, 0.1) is 11.7 Å². The molecule has 0 saturated heterocycles. The number of aromatic nitrogens is 4. The second-order valence-electron chi connectivity index (χ2n) is 8.02. The third-order valence-electron chi connectivity index (χ3n) is 5.33. The van der Waals surface area contributed by atoms with E-state index in [0.29, 0.717) is 10.2 Å². The first-order chi connectivity index (χ1) is 15.5. The van der Waals surface area contributed by atoms with Crippen LogP contribution in [-0.2, 0) is 24.1 Å². The number of alkyl halides is 3. The quantitative estimate of drug-likeness (QED) is 0.377. The molecule has 6 nitrogen and oxygen atoms in total. The van der Waals surface area contributed by atoms with Crippen molar-refractivity contribution in [2.75, 3.05) is 5.32 Å².